The summed E-state index contributed by atoms with van der Waals surface area (Å²) >= 11 is 0. The van der Waals surface area contributed by atoms with Crippen LogP contribution in [0.25, 0.3) is 0 Å². The van der Waals surface area contributed by atoms with Gasteiger partial charge in [-0.3, -0.25) is 0 Å². The molecule has 2 atom stereocenters. The summed E-state index contributed by atoms with van der Waals surface area (Å²) in [6, 6.07) is 0.241. The Bertz CT molecular complexity index is 236. The molecule has 2 aliphatic heterocycles. The Morgan fingerprint density at radius 2 is 2.38 bits per heavy atom. The molecule has 0 aromatic carbocycles. The van der Waals surface area contributed by atoms with Crippen molar-refractivity contribution < 1.29 is 14.2 Å². The number of nitrogens with one attached hydrogen (secondary N) is 1. The van der Waals surface area contributed by atoms with E-state index >= 15 is 0 Å². The normalized spacial score (nSPS) is 28.1. The highest BCUT2D eigenvalue weighted by Crippen LogP contribution is 2.20. The summed E-state index contributed by atoms with van der Waals surface area (Å²) in [5.41, 5.74) is 1.31. The largest absolute Gasteiger partial charge is 0.501 e. The van der Waals surface area contributed by atoms with Gasteiger partial charge in [-0.15, -0.1) is 0 Å². The molecule has 16 heavy (non-hydrogen) atoms. The van der Waals surface area contributed by atoms with Crippen LogP contribution in [0, 0.1) is 0 Å². The van der Waals surface area contributed by atoms with E-state index in [0.29, 0.717) is 19.8 Å². The summed E-state index contributed by atoms with van der Waals surface area (Å²) in [5.74, 6) is 0. The second-order valence-electron chi connectivity index (χ2n) is 4.19. The van der Waals surface area contributed by atoms with Crippen LogP contribution >= 0.6 is 0 Å². The standard InChI is InChI=1S/C12H21NO3/c1-2-13-12(10-4-3-5-14-8-10)11-9-15-6-7-16-11/h8,11-13H,2-7,9H2,1H3. The second kappa shape index (κ2) is 6.23. The SMILES string of the molecule is CCNC(C1=COCCC1)C1COCCO1. The van der Waals surface area contributed by atoms with Gasteiger partial charge in [0.05, 0.1) is 38.7 Å². The first-order valence-corrected chi connectivity index (χ1v) is 6.15. The molecular formula is C12H21NO3. The van der Waals surface area contributed by atoms with Crippen LogP contribution in [0.2, 0.25) is 0 Å². The zero-order valence-corrected chi connectivity index (χ0v) is 9.91. The van der Waals surface area contributed by atoms with Gasteiger partial charge in [0.15, 0.2) is 0 Å². The second-order valence-corrected chi connectivity index (χ2v) is 4.19. The zero-order valence-electron chi connectivity index (χ0n) is 9.91. The van der Waals surface area contributed by atoms with Crippen molar-refractivity contribution in [2.45, 2.75) is 31.9 Å². The van der Waals surface area contributed by atoms with E-state index in [9.17, 15) is 0 Å². The van der Waals surface area contributed by atoms with E-state index in [1.165, 1.54) is 5.57 Å². The number of ether oxygens (including phenoxy) is 3. The van der Waals surface area contributed by atoms with Gasteiger partial charge in [0.25, 0.3) is 0 Å². The Morgan fingerprint density at radius 1 is 1.44 bits per heavy atom. The predicted molar refractivity (Wildman–Crippen MR) is 61.3 cm³/mol. The third kappa shape index (κ3) is 2.97. The third-order valence-corrected chi connectivity index (χ3v) is 3.00. The maximum absolute atomic E-state index is 5.76. The van der Waals surface area contributed by atoms with Gasteiger partial charge < -0.3 is 19.5 Å². The van der Waals surface area contributed by atoms with Crippen molar-refractivity contribution >= 4 is 0 Å². The number of rotatable bonds is 4. The summed E-state index contributed by atoms with van der Waals surface area (Å²) in [5, 5.41) is 3.47. The molecule has 92 valence electrons. The maximum atomic E-state index is 5.76. The molecule has 0 spiro atoms. The molecular weight excluding hydrogens is 206 g/mol. The lowest BCUT2D eigenvalue weighted by Gasteiger charge is -2.33. The van der Waals surface area contributed by atoms with Crippen molar-refractivity contribution in [3.8, 4) is 0 Å². The Kier molecular flexibility index (Phi) is 4.63. The highest BCUT2D eigenvalue weighted by molar-refractivity contribution is 5.13. The first kappa shape index (κ1) is 11.9. The third-order valence-electron chi connectivity index (χ3n) is 3.00. The first-order chi connectivity index (χ1) is 7.92. The number of hydrogen-bond acceptors (Lipinski definition) is 4. The quantitative estimate of drug-likeness (QED) is 0.780. The van der Waals surface area contributed by atoms with Crippen LogP contribution in [0.4, 0.5) is 0 Å². The highest BCUT2D eigenvalue weighted by Gasteiger charge is 2.28. The van der Waals surface area contributed by atoms with Crippen LogP contribution in [0.5, 0.6) is 0 Å². The van der Waals surface area contributed by atoms with E-state index in [4.69, 9.17) is 14.2 Å². The van der Waals surface area contributed by atoms with Gasteiger partial charge in [-0.1, -0.05) is 6.92 Å². The molecule has 0 aromatic rings. The molecule has 1 fully saturated rings. The van der Waals surface area contributed by atoms with Crippen molar-refractivity contribution in [2.75, 3.05) is 33.0 Å². The van der Waals surface area contributed by atoms with E-state index in [0.717, 1.165) is 26.0 Å². The molecule has 2 rings (SSSR count). The Morgan fingerprint density at radius 3 is 3.00 bits per heavy atom. The maximum Gasteiger partial charge on any atom is 0.100 e. The molecule has 2 heterocycles. The van der Waals surface area contributed by atoms with E-state index in [1.807, 2.05) is 6.26 Å². The Balaban J connectivity index is 1.99. The van der Waals surface area contributed by atoms with Crippen LogP contribution in [0.3, 0.4) is 0 Å². The zero-order chi connectivity index (χ0) is 11.2. The van der Waals surface area contributed by atoms with Gasteiger partial charge >= 0.3 is 0 Å². The van der Waals surface area contributed by atoms with Gasteiger partial charge in [0.1, 0.15) is 6.10 Å². The summed E-state index contributed by atoms with van der Waals surface area (Å²) in [6.45, 7) is 5.97. The minimum Gasteiger partial charge on any atom is -0.501 e. The van der Waals surface area contributed by atoms with Crippen molar-refractivity contribution in [2.24, 2.45) is 0 Å². The van der Waals surface area contributed by atoms with E-state index in [2.05, 4.69) is 12.2 Å². The summed E-state index contributed by atoms with van der Waals surface area (Å²) in [7, 11) is 0. The molecule has 4 nitrogen and oxygen atoms in total. The Hall–Kier alpha value is -0.580. The molecule has 0 amide bonds. The molecule has 0 bridgehead atoms. The first-order valence-electron chi connectivity index (χ1n) is 6.15. The molecule has 1 N–H and O–H groups in total. The summed E-state index contributed by atoms with van der Waals surface area (Å²) in [4.78, 5) is 0. The van der Waals surface area contributed by atoms with Gasteiger partial charge in [0, 0.05) is 0 Å². The average Bonchev–Trinajstić information content (AvgIpc) is 2.38. The molecule has 4 heteroatoms. The van der Waals surface area contributed by atoms with E-state index in [-0.39, 0.29) is 12.1 Å². The molecule has 0 aliphatic carbocycles. The van der Waals surface area contributed by atoms with Crippen LogP contribution in [-0.2, 0) is 14.2 Å². The fourth-order valence-corrected chi connectivity index (χ4v) is 2.23. The monoisotopic (exact) mass is 227 g/mol. The molecule has 2 aliphatic rings. The lowest BCUT2D eigenvalue weighted by atomic mass is 9.97. The minimum absolute atomic E-state index is 0.127. The fourth-order valence-electron chi connectivity index (χ4n) is 2.23. The van der Waals surface area contributed by atoms with Crippen molar-refractivity contribution in [1.29, 1.82) is 0 Å². The van der Waals surface area contributed by atoms with Crippen LogP contribution in [0.15, 0.2) is 11.8 Å². The molecule has 2 unspecified atom stereocenters. The van der Waals surface area contributed by atoms with Crippen molar-refractivity contribution in [1.82, 2.24) is 5.32 Å². The Labute approximate surface area is 96.9 Å². The lowest BCUT2D eigenvalue weighted by Crippen LogP contribution is -2.48. The van der Waals surface area contributed by atoms with Crippen LogP contribution < -0.4 is 5.32 Å². The average molecular weight is 227 g/mol. The van der Waals surface area contributed by atoms with Crippen LogP contribution in [0.1, 0.15) is 19.8 Å². The van der Waals surface area contributed by atoms with Gasteiger partial charge in [-0.2, -0.15) is 0 Å². The van der Waals surface area contributed by atoms with Crippen molar-refractivity contribution in [3.63, 3.8) is 0 Å². The smallest absolute Gasteiger partial charge is 0.100 e. The molecule has 0 radical (unpaired) electrons. The van der Waals surface area contributed by atoms with Gasteiger partial charge in [-0.25, -0.2) is 0 Å². The highest BCUT2D eigenvalue weighted by atomic mass is 16.6. The lowest BCUT2D eigenvalue weighted by molar-refractivity contribution is -0.0975. The van der Waals surface area contributed by atoms with Gasteiger partial charge in [-0.05, 0) is 25.0 Å². The van der Waals surface area contributed by atoms with Crippen LogP contribution in [-0.4, -0.2) is 45.1 Å². The van der Waals surface area contributed by atoms with E-state index in [1.54, 1.807) is 0 Å². The molecule has 1 saturated heterocycles. The molecule has 0 saturated carbocycles. The van der Waals surface area contributed by atoms with E-state index < -0.39 is 0 Å². The van der Waals surface area contributed by atoms with Crippen molar-refractivity contribution in [3.05, 3.63) is 11.8 Å². The fraction of sp³-hybridized carbons (Fsp3) is 0.833. The van der Waals surface area contributed by atoms with Gasteiger partial charge in [0.2, 0.25) is 0 Å². The number of likely N-dealkylation sites (N-methyl/N-ethyl adjacent to an activating group) is 1. The summed E-state index contributed by atoms with van der Waals surface area (Å²) < 4.78 is 16.6. The predicted octanol–water partition coefficient (Wildman–Crippen LogP) is 1.07. The minimum atomic E-state index is 0.127. The summed E-state index contributed by atoms with van der Waals surface area (Å²) in [6.07, 6.45) is 4.22. The number of hydrogen-bond donors (Lipinski definition) is 1. The molecule has 0 aromatic heterocycles. The topological polar surface area (TPSA) is 39.7 Å².